The van der Waals surface area contributed by atoms with E-state index in [2.05, 4.69) is 22.3 Å². The van der Waals surface area contributed by atoms with Crippen LogP contribution in [0.5, 0.6) is 0 Å². The molecule has 3 rings (SSSR count). The number of nitrogens with one attached hydrogen (secondary N) is 2. The number of hydrogen-bond acceptors (Lipinski definition) is 3. The van der Waals surface area contributed by atoms with Crippen LogP contribution in [0.1, 0.15) is 18.4 Å². The zero-order valence-corrected chi connectivity index (χ0v) is 11.7. The molecule has 1 amide bonds. The average molecular weight is 282 g/mol. The zero-order chi connectivity index (χ0) is 14.7. The molecule has 5 heteroatoms. The molecule has 108 valence electrons. The molecule has 0 atom stereocenters. The van der Waals surface area contributed by atoms with Crippen LogP contribution in [0.15, 0.2) is 43.2 Å². The zero-order valence-electron chi connectivity index (χ0n) is 11.7. The predicted octanol–water partition coefficient (Wildman–Crippen LogP) is 2.94. The van der Waals surface area contributed by atoms with Crippen molar-refractivity contribution in [1.29, 1.82) is 0 Å². The number of amides is 1. The van der Waals surface area contributed by atoms with Gasteiger partial charge in [0.2, 0.25) is 5.91 Å². The summed E-state index contributed by atoms with van der Waals surface area (Å²) >= 11 is 0. The Labute approximate surface area is 123 Å². The summed E-state index contributed by atoms with van der Waals surface area (Å²) in [5.41, 5.74) is 2.93. The molecule has 0 saturated heterocycles. The number of carbonyl (C=O) groups is 1. The highest BCUT2D eigenvalue weighted by atomic mass is 16.2. The first-order valence-corrected chi connectivity index (χ1v) is 7.05. The maximum Gasteiger partial charge on any atom is 0.227 e. The highest BCUT2D eigenvalue weighted by Gasteiger charge is 2.29. The molecule has 1 aliphatic rings. The summed E-state index contributed by atoms with van der Waals surface area (Å²) in [5.74, 6) is 0.358. The van der Waals surface area contributed by atoms with Gasteiger partial charge in [0.25, 0.3) is 0 Å². The van der Waals surface area contributed by atoms with Crippen LogP contribution in [-0.2, 0) is 11.3 Å². The lowest BCUT2D eigenvalue weighted by atomic mass is 10.2. The molecule has 1 fully saturated rings. The first-order valence-electron chi connectivity index (χ1n) is 7.05. The molecule has 5 nitrogen and oxygen atoms in total. The van der Waals surface area contributed by atoms with Crippen LogP contribution in [0.4, 0.5) is 11.4 Å². The largest absolute Gasteiger partial charge is 0.381 e. The summed E-state index contributed by atoms with van der Waals surface area (Å²) in [7, 11) is 0. The van der Waals surface area contributed by atoms with Crippen LogP contribution >= 0.6 is 0 Å². The van der Waals surface area contributed by atoms with Gasteiger partial charge in [0.1, 0.15) is 0 Å². The molecule has 1 aliphatic carbocycles. The molecule has 0 radical (unpaired) electrons. The fraction of sp³-hybridized carbons (Fsp3) is 0.250. The minimum Gasteiger partial charge on any atom is -0.381 e. The van der Waals surface area contributed by atoms with Crippen molar-refractivity contribution in [2.45, 2.75) is 19.4 Å². The number of rotatable bonds is 6. The Morgan fingerprint density at radius 3 is 2.67 bits per heavy atom. The lowest BCUT2D eigenvalue weighted by Crippen LogP contribution is -2.13. The van der Waals surface area contributed by atoms with Crippen molar-refractivity contribution < 1.29 is 4.79 Å². The third kappa shape index (κ3) is 3.51. The first kappa shape index (κ1) is 13.4. The monoisotopic (exact) mass is 282 g/mol. The first-order chi connectivity index (χ1) is 10.2. The summed E-state index contributed by atoms with van der Waals surface area (Å²) in [6.07, 6.45) is 7.41. The molecular weight excluding hydrogens is 264 g/mol. The Hall–Kier alpha value is -2.56. The van der Waals surface area contributed by atoms with Crippen LogP contribution in [0, 0.1) is 5.92 Å². The van der Waals surface area contributed by atoms with E-state index in [1.807, 2.05) is 30.5 Å². The number of anilines is 2. The summed E-state index contributed by atoms with van der Waals surface area (Å²) in [6.45, 7) is 4.35. The van der Waals surface area contributed by atoms with Gasteiger partial charge in [0.15, 0.2) is 0 Å². The quantitative estimate of drug-likeness (QED) is 0.856. The van der Waals surface area contributed by atoms with E-state index in [-0.39, 0.29) is 11.8 Å². The molecule has 21 heavy (non-hydrogen) atoms. The van der Waals surface area contributed by atoms with Gasteiger partial charge in [-0.05, 0) is 37.1 Å². The Morgan fingerprint density at radius 1 is 1.33 bits per heavy atom. The van der Waals surface area contributed by atoms with Gasteiger partial charge in [0, 0.05) is 41.8 Å². The van der Waals surface area contributed by atoms with E-state index in [1.54, 1.807) is 17.1 Å². The van der Waals surface area contributed by atoms with Crippen LogP contribution in [0.2, 0.25) is 0 Å². The average Bonchev–Trinajstić information content (AvgIpc) is 3.26. The molecule has 1 aromatic carbocycles. The molecule has 1 saturated carbocycles. The number of benzene rings is 1. The predicted molar refractivity (Wildman–Crippen MR) is 83.7 cm³/mol. The van der Waals surface area contributed by atoms with Gasteiger partial charge in [-0.15, -0.1) is 0 Å². The second-order valence-electron chi connectivity index (χ2n) is 5.21. The SMILES string of the molecule is C=Cn1cc(CNc2ccc(NC(=O)C3CC3)cc2)cn1. The second-order valence-corrected chi connectivity index (χ2v) is 5.21. The standard InChI is InChI=1S/C16H18N4O/c1-2-20-11-12(10-18-20)9-17-14-5-7-15(8-6-14)19-16(21)13-3-4-13/h2,5-8,10-11,13,17H,1,3-4,9H2,(H,19,21). The summed E-state index contributed by atoms with van der Waals surface area (Å²) < 4.78 is 1.67. The van der Waals surface area contributed by atoms with E-state index in [0.717, 1.165) is 29.8 Å². The van der Waals surface area contributed by atoms with E-state index in [4.69, 9.17) is 0 Å². The van der Waals surface area contributed by atoms with Crippen molar-refractivity contribution in [3.8, 4) is 0 Å². The molecule has 2 N–H and O–H groups in total. The summed E-state index contributed by atoms with van der Waals surface area (Å²) in [5, 5.41) is 10.4. The van der Waals surface area contributed by atoms with Crippen LogP contribution in [-0.4, -0.2) is 15.7 Å². The summed E-state index contributed by atoms with van der Waals surface area (Å²) in [6, 6.07) is 7.74. The third-order valence-electron chi connectivity index (χ3n) is 3.44. The van der Waals surface area contributed by atoms with Gasteiger partial charge in [-0.3, -0.25) is 4.79 Å². The number of carbonyl (C=O) groups excluding carboxylic acids is 1. The lowest BCUT2D eigenvalue weighted by molar-refractivity contribution is -0.117. The van der Waals surface area contributed by atoms with Crippen molar-refractivity contribution in [2.24, 2.45) is 5.92 Å². The van der Waals surface area contributed by atoms with Crippen molar-refractivity contribution in [3.63, 3.8) is 0 Å². The fourth-order valence-corrected chi connectivity index (χ4v) is 2.03. The molecule has 0 aliphatic heterocycles. The van der Waals surface area contributed by atoms with E-state index in [9.17, 15) is 4.79 Å². The van der Waals surface area contributed by atoms with Crippen LogP contribution in [0.25, 0.3) is 6.20 Å². The number of aromatic nitrogens is 2. The molecule has 0 spiro atoms. The van der Waals surface area contributed by atoms with Crippen molar-refractivity contribution in [3.05, 3.63) is 48.8 Å². The Bertz CT molecular complexity index is 641. The second kappa shape index (κ2) is 5.83. The van der Waals surface area contributed by atoms with Gasteiger partial charge in [-0.25, -0.2) is 4.68 Å². The molecule has 2 aromatic rings. The van der Waals surface area contributed by atoms with Crippen molar-refractivity contribution >= 4 is 23.5 Å². The molecular formula is C16H18N4O. The number of nitrogens with zero attached hydrogens (tertiary/aromatic N) is 2. The van der Waals surface area contributed by atoms with Crippen molar-refractivity contribution in [1.82, 2.24) is 9.78 Å². The van der Waals surface area contributed by atoms with Crippen LogP contribution < -0.4 is 10.6 Å². The van der Waals surface area contributed by atoms with Gasteiger partial charge in [-0.2, -0.15) is 5.10 Å². The Kier molecular flexibility index (Phi) is 3.73. The summed E-state index contributed by atoms with van der Waals surface area (Å²) in [4.78, 5) is 11.7. The van der Waals surface area contributed by atoms with Crippen molar-refractivity contribution in [2.75, 3.05) is 10.6 Å². The van der Waals surface area contributed by atoms with E-state index >= 15 is 0 Å². The molecule has 1 aromatic heterocycles. The lowest BCUT2D eigenvalue weighted by Gasteiger charge is -2.07. The van der Waals surface area contributed by atoms with E-state index in [1.165, 1.54) is 0 Å². The third-order valence-corrected chi connectivity index (χ3v) is 3.44. The highest BCUT2D eigenvalue weighted by Crippen LogP contribution is 2.30. The molecule has 0 bridgehead atoms. The Balaban J connectivity index is 1.53. The molecule has 1 heterocycles. The maximum absolute atomic E-state index is 11.7. The van der Waals surface area contributed by atoms with E-state index in [0.29, 0.717) is 6.54 Å². The maximum atomic E-state index is 11.7. The smallest absolute Gasteiger partial charge is 0.227 e. The Morgan fingerprint density at radius 2 is 2.05 bits per heavy atom. The minimum atomic E-state index is 0.132. The van der Waals surface area contributed by atoms with Gasteiger partial charge in [-0.1, -0.05) is 6.58 Å². The minimum absolute atomic E-state index is 0.132. The van der Waals surface area contributed by atoms with Gasteiger partial charge in [0.05, 0.1) is 6.20 Å². The number of hydrogen-bond donors (Lipinski definition) is 2. The van der Waals surface area contributed by atoms with Crippen LogP contribution in [0.3, 0.4) is 0 Å². The highest BCUT2D eigenvalue weighted by molar-refractivity contribution is 5.94. The molecule has 0 unspecified atom stereocenters. The van der Waals surface area contributed by atoms with Gasteiger partial charge >= 0.3 is 0 Å². The fourth-order valence-electron chi connectivity index (χ4n) is 2.03. The normalized spacial score (nSPS) is 13.7. The topological polar surface area (TPSA) is 59.0 Å². The van der Waals surface area contributed by atoms with E-state index < -0.39 is 0 Å². The van der Waals surface area contributed by atoms with Gasteiger partial charge < -0.3 is 10.6 Å².